The summed E-state index contributed by atoms with van der Waals surface area (Å²) in [5.41, 5.74) is 3.24. The molecular weight excluding hydrogens is 370 g/mol. The number of nitrogens with one attached hydrogen (secondary N) is 1. The van der Waals surface area contributed by atoms with Crippen LogP contribution in [0.2, 0.25) is 0 Å². The molecule has 2 aromatic heterocycles. The third-order valence-electron chi connectivity index (χ3n) is 4.01. The average Bonchev–Trinajstić information content (AvgIpc) is 2.93. The minimum Gasteiger partial charge on any atom is -0.316 e. The van der Waals surface area contributed by atoms with E-state index in [0.717, 1.165) is 16.9 Å². The largest absolute Gasteiger partial charge is 0.316 e. The molecule has 0 bridgehead atoms. The Morgan fingerprint density at radius 2 is 1.64 bits per heavy atom. The lowest BCUT2D eigenvalue weighted by molar-refractivity contribution is 0.926. The molecule has 0 saturated heterocycles. The number of rotatable bonds is 2. The molecule has 0 aliphatic carbocycles. The van der Waals surface area contributed by atoms with Gasteiger partial charge in [-0.3, -0.25) is 13.9 Å². The van der Waals surface area contributed by atoms with Crippen molar-refractivity contribution in [3.8, 4) is 11.4 Å². The van der Waals surface area contributed by atoms with E-state index in [-0.39, 0.29) is 5.56 Å². The molecular formula is C18H13N3OS3. The smallest absolute Gasteiger partial charge is 0.278 e. The number of hydrogen-bond donors (Lipinski definition) is 1. The monoisotopic (exact) mass is 383 g/mol. The van der Waals surface area contributed by atoms with Crippen molar-refractivity contribution >= 4 is 46.1 Å². The number of benzene rings is 2. The minimum absolute atomic E-state index is 0.159. The molecule has 4 rings (SSSR count). The van der Waals surface area contributed by atoms with Crippen molar-refractivity contribution < 1.29 is 0 Å². The van der Waals surface area contributed by atoms with Gasteiger partial charge < -0.3 is 4.98 Å². The highest BCUT2D eigenvalue weighted by molar-refractivity contribution is 7.73. The molecule has 0 unspecified atom stereocenters. The molecule has 0 spiro atoms. The second-order valence-electron chi connectivity index (χ2n) is 5.57. The first kappa shape index (κ1) is 16.1. The highest BCUT2D eigenvalue weighted by Gasteiger charge is 2.15. The van der Waals surface area contributed by atoms with Gasteiger partial charge in [-0.05, 0) is 55.1 Å². The van der Waals surface area contributed by atoms with Crippen molar-refractivity contribution in [1.29, 1.82) is 0 Å². The Morgan fingerprint density at radius 3 is 2.36 bits per heavy atom. The van der Waals surface area contributed by atoms with E-state index in [1.165, 1.54) is 15.9 Å². The molecule has 0 amide bonds. The van der Waals surface area contributed by atoms with Crippen LogP contribution in [0.1, 0.15) is 5.56 Å². The number of thiazole rings is 1. The quantitative estimate of drug-likeness (QED) is 0.499. The maximum absolute atomic E-state index is 13.1. The summed E-state index contributed by atoms with van der Waals surface area (Å²) >= 11 is 12.3. The Bertz CT molecular complexity index is 1260. The Kier molecular flexibility index (Phi) is 3.99. The van der Waals surface area contributed by atoms with Crippen molar-refractivity contribution in [1.82, 2.24) is 14.1 Å². The Morgan fingerprint density at radius 1 is 0.960 bits per heavy atom. The summed E-state index contributed by atoms with van der Waals surface area (Å²) in [6.07, 6.45) is 0. The van der Waals surface area contributed by atoms with Gasteiger partial charge in [0.05, 0.1) is 11.4 Å². The number of aromatic nitrogens is 3. The van der Waals surface area contributed by atoms with Crippen molar-refractivity contribution in [2.24, 2.45) is 0 Å². The van der Waals surface area contributed by atoms with E-state index in [2.05, 4.69) is 4.98 Å². The Labute approximate surface area is 157 Å². The molecule has 4 nitrogen and oxygen atoms in total. The van der Waals surface area contributed by atoms with Crippen LogP contribution >= 0.6 is 35.8 Å². The number of H-pyrrole nitrogens is 1. The van der Waals surface area contributed by atoms with Gasteiger partial charge in [0.25, 0.3) is 5.56 Å². The Balaban J connectivity index is 2.11. The average molecular weight is 384 g/mol. The SMILES string of the molecule is Cc1ccccc1-n1c(=S)sc2c(=O)n(-c3ccccc3)c(=S)[nH]c21. The van der Waals surface area contributed by atoms with Crippen LogP contribution in [0.3, 0.4) is 0 Å². The van der Waals surface area contributed by atoms with E-state index in [4.69, 9.17) is 24.4 Å². The number of aryl methyl sites for hydroxylation is 1. The zero-order valence-corrected chi connectivity index (χ0v) is 15.7. The van der Waals surface area contributed by atoms with Gasteiger partial charge in [0.1, 0.15) is 10.3 Å². The first-order valence-electron chi connectivity index (χ1n) is 7.60. The minimum atomic E-state index is -0.159. The first-order valence-corrected chi connectivity index (χ1v) is 9.23. The highest BCUT2D eigenvalue weighted by atomic mass is 32.1. The van der Waals surface area contributed by atoms with Gasteiger partial charge in [0, 0.05) is 0 Å². The predicted octanol–water partition coefficient (Wildman–Crippen LogP) is 4.94. The molecule has 4 aromatic rings. The fourth-order valence-electron chi connectivity index (χ4n) is 2.83. The number of fused-ring (bicyclic) bond motifs is 1. The summed E-state index contributed by atoms with van der Waals surface area (Å²) in [7, 11) is 0. The van der Waals surface area contributed by atoms with Crippen LogP contribution in [0, 0.1) is 15.6 Å². The maximum Gasteiger partial charge on any atom is 0.278 e. The lowest BCUT2D eigenvalue weighted by Gasteiger charge is -2.10. The van der Waals surface area contributed by atoms with Gasteiger partial charge >= 0.3 is 0 Å². The second kappa shape index (κ2) is 6.18. The van der Waals surface area contributed by atoms with Crippen LogP contribution in [0.15, 0.2) is 59.4 Å². The maximum atomic E-state index is 13.1. The van der Waals surface area contributed by atoms with Crippen molar-refractivity contribution in [3.05, 3.63) is 79.2 Å². The summed E-state index contributed by atoms with van der Waals surface area (Å²) < 4.78 is 4.91. The standard InChI is InChI=1S/C18H13N3OS3/c1-11-7-5-6-10-13(11)21-15-14(25-18(21)24)16(22)20(17(23)19-15)12-8-3-2-4-9-12/h2-10H,1H3,(H,19,23). The number of nitrogens with zero attached hydrogens (tertiary/aromatic N) is 2. The van der Waals surface area contributed by atoms with Crippen molar-refractivity contribution in [2.45, 2.75) is 6.92 Å². The summed E-state index contributed by atoms with van der Waals surface area (Å²) in [5, 5.41) is 0. The van der Waals surface area contributed by atoms with Gasteiger partial charge in [0.15, 0.2) is 8.73 Å². The predicted molar refractivity (Wildman–Crippen MR) is 108 cm³/mol. The zero-order chi connectivity index (χ0) is 17.6. The fraction of sp³-hybridized carbons (Fsp3) is 0.0556. The van der Waals surface area contributed by atoms with Crippen molar-refractivity contribution in [3.63, 3.8) is 0 Å². The fourth-order valence-corrected chi connectivity index (χ4v) is 4.43. The summed E-state index contributed by atoms with van der Waals surface area (Å²) in [6.45, 7) is 2.01. The first-order chi connectivity index (χ1) is 12.1. The molecule has 0 radical (unpaired) electrons. The number of para-hydroxylation sites is 2. The summed E-state index contributed by atoms with van der Waals surface area (Å²) in [4.78, 5) is 16.3. The third-order valence-corrected chi connectivity index (χ3v) is 5.65. The second-order valence-corrected chi connectivity index (χ2v) is 7.60. The Hall–Kier alpha value is -2.35. The molecule has 2 aromatic carbocycles. The van der Waals surface area contributed by atoms with E-state index in [1.54, 1.807) is 0 Å². The van der Waals surface area contributed by atoms with Gasteiger partial charge in [-0.15, -0.1) is 0 Å². The normalized spacial score (nSPS) is 11.1. The molecule has 2 heterocycles. The number of hydrogen-bond acceptors (Lipinski definition) is 4. The highest BCUT2D eigenvalue weighted by Crippen LogP contribution is 2.25. The molecule has 25 heavy (non-hydrogen) atoms. The van der Waals surface area contributed by atoms with Crippen LogP contribution in [-0.4, -0.2) is 14.1 Å². The van der Waals surface area contributed by atoms with Gasteiger partial charge in [-0.2, -0.15) is 0 Å². The van der Waals surface area contributed by atoms with Crippen LogP contribution in [0.5, 0.6) is 0 Å². The summed E-state index contributed by atoms with van der Waals surface area (Å²) in [5.74, 6) is 0. The van der Waals surface area contributed by atoms with Crippen LogP contribution in [0.25, 0.3) is 21.7 Å². The van der Waals surface area contributed by atoms with Crippen molar-refractivity contribution in [2.75, 3.05) is 0 Å². The molecule has 0 saturated carbocycles. The third kappa shape index (κ3) is 2.60. The molecule has 0 aliphatic rings. The number of aromatic amines is 1. The van der Waals surface area contributed by atoms with Crippen LogP contribution < -0.4 is 5.56 Å². The van der Waals surface area contributed by atoms with E-state index in [9.17, 15) is 4.79 Å². The lowest BCUT2D eigenvalue weighted by Crippen LogP contribution is -2.20. The lowest BCUT2D eigenvalue weighted by atomic mass is 10.2. The molecule has 0 aliphatic heterocycles. The van der Waals surface area contributed by atoms with Crippen LogP contribution in [0.4, 0.5) is 0 Å². The topological polar surface area (TPSA) is 42.7 Å². The van der Waals surface area contributed by atoms with Gasteiger partial charge in [-0.1, -0.05) is 47.7 Å². The summed E-state index contributed by atoms with van der Waals surface area (Å²) in [6, 6.07) is 17.3. The van der Waals surface area contributed by atoms with Gasteiger partial charge in [-0.25, -0.2) is 0 Å². The molecule has 7 heteroatoms. The van der Waals surface area contributed by atoms with E-state index >= 15 is 0 Å². The molecule has 0 fully saturated rings. The van der Waals surface area contributed by atoms with E-state index in [1.807, 2.05) is 66.1 Å². The zero-order valence-electron chi connectivity index (χ0n) is 13.2. The molecule has 1 N–H and O–H groups in total. The molecule has 124 valence electrons. The van der Waals surface area contributed by atoms with Crippen LogP contribution in [-0.2, 0) is 0 Å². The van der Waals surface area contributed by atoms with Gasteiger partial charge in [0.2, 0.25) is 0 Å². The molecule has 0 atom stereocenters. The van der Waals surface area contributed by atoms with E-state index < -0.39 is 0 Å². The van der Waals surface area contributed by atoms with E-state index in [0.29, 0.717) is 19.1 Å².